The molecule has 90 valence electrons. The van der Waals surface area contributed by atoms with E-state index in [0.717, 1.165) is 0 Å². The van der Waals surface area contributed by atoms with Crippen molar-refractivity contribution in [2.24, 2.45) is 7.05 Å². The maximum Gasteiger partial charge on any atom is 0.305 e. The molecule has 0 radical (unpaired) electrons. The highest BCUT2D eigenvalue weighted by molar-refractivity contribution is 5.79. The van der Waals surface area contributed by atoms with Crippen molar-refractivity contribution in [2.45, 2.75) is 6.42 Å². The SMILES string of the molecule is Cn1c(NCCC(=O)O)nc2c(F)cccc21. The average Bonchev–Trinajstić information content (AvgIpc) is 2.58. The van der Waals surface area contributed by atoms with E-state index in [1.165, 1.54) is 6.07 Å². The van der Waals surface area contributed by atoms with E-state index in [1.807, 2.05) is 0 Å². The molecule has 6 heteroatoms. The highest BCUT2D eigenvalue weighted by Crippen LogP contribution is 2.20. The predicted octanol–water partition coefficient (Wildman–Crippen LogP) is 1.60. The average molecular weight is 237 g/mol. The molecule has 0 aliphatic rings. The number of rotatable bonds is 4. The number of carbonyl (C=O) groups is 1. The minimum Gasteiger partial charge on any atom is -0.481 e. The van der Waals surface area contributed by atoms with E-state index in [-0.39, 0.29) is 24.3 Å². The van der Waals surface area contributed by atoms with Crippen LogP contribution in [0.25, 0.3) is 11.0 Å². The molecule has 0 bridgehead atoms. The second kappa shape index (κ2) is 4.40. The van der Waals surface area contributed by atoms with E-state index < -0.39 is 5.97 Å². The van der Waals surface area contributed by atoms with Crippen LogP contribution in [-0.2, 0) is 11.8 Å². The Hall–Kier alpha value is -2.11. The maximum atomic E-state index is 13.4. The second-order valence-corrected chi connectivity index (χ2v) is 3.67. The Morgan fingerprint density at radius 3 is 3.00 bits per heavy atom. The smallest absolute Gasteiger partial charge is 0.305 e. The van der Waals surface area contributed by atoms with Crippen LogP contribution >= 0.6 is 0 Å². The molecule has 1 aromatic carbocycles. The number of aryl methyl sites for hydroxylation is 1. The first kappa shape index (κ1) is 11.4. The summed E-state index contributed by atoms with van der Waals surface area (Å²) in [5.74, 6) is -0.807. The van der Waals surface area contributed by atoms with E-state index in [0.29, 0.717) is 11.5 Å². The van der Waals surface area contributed by atoms with Gasteiger partial charge in [0, 0.05) is 13.6 Å². The third-order valence-electron chi connectivity index (χ3n) is 2.48. The molecule has 5 nitrogen and oxygen atoms in total. The summed E-state index contributed by atoms with van der Waals surface area (Å²) in [5, 5.41) is 11.4. The van der Waals surface area contributed by atoms with Crippen LogP contribution in [0.4, 0.5) is 10.3 Å². The zero-order chi connectivity index (χ0) is 12.4. The highest BCUT2D eigenvalue weighted by atomic mass is 19.1. The van der Waals surface area contributed by atoms with Crippen LogP contribution in [0.3, 0.4) is 0 Å². The summed E-state index contributed by atoms with van der Waals surface area (Å²) in [6.07, 6.45) is -0.00825. The minimum absolute atomic E-state index is 0.00825. The van der Waals surface area contributed by atoms with Gasteiger partial charge in [0.15, 0.2) is 5.82 Å². The summed E-state index contributed by atoms with van der Waals surface area (Å²) in [4.78, 5) is 14.5. The molecule has 0 saturated carbocycles. The molecule has 2 rings (SSSR count). The van der Waals surface area contributed by atoms with Gasteiger partial charge in [0.2, 0.25) is 5.95 Å². The molecule has 17 heavy (non-hydrogen) atoms. The molecule has 0 spiro atoms. The number of hydrogen-bond donors (Lipinski definition) is 2. The van der Waals surface area contributed by atoms with E-state index in [2.05, 4.69) is 10.3 Å². The van der Waals surface area contributed by atoms with Crippen LogP contribution < -0.4 is 5.32 Å². The Bertz CT molecular complexity index is 565. The van der Waals surface area contributed by atoms with Crippen LogP contribution in [-0.4, -0.2) is 27.2 Å². The lowest BCUT2D eigenvalue weighted by Gasteiger charge is -2.03. The Balaban J connectivity index is 2.26. The lowest BCUT2D eigenvalue weighted by Crippen LogP contribution is -2.10. The molecule has 0 unspecified atom stereocenters. The number of anilines is 1. The fraction of sp³-hybridized carbons (Fsp3) is 0.273. The third kappa shape index (κ3) is 2.20. The van der Waals surface area contributed by atoms with Crippen LogP contribution in [0.1, 0.15) is 6.42 Å². The Morgan fingerprint density at radius 1 is 1.59 bits per heavy atom. The van der Waals surface area contributed by atoms with Gasteiger partial charge in [-0.2, -0.15) is 0 Å². The minimum atomic E-state index is -0.887. The van der Waals surface area contributed by atoms with Gasteiger partial charge in [-0.1, -0.05) is 6.07 Å². The monoisotopic (exact) mass is 237 g/mol. The molecule has 1 heterocycles. The summed E-state index contributed by atoms with van der Waals surface area (Å²) in [6, 6.07) is 4.71. The van der Waals surface area contributed by atoms with Gasteiger partial charge in [-0.05, 0) is 12.1 Å². The number of nitrogens with zero attached hydrogens (tertiary/aromatic N) is 2. The number of halogens is 1. The molecule has 0 saturated heterocycles. The van der Waals surface area contributed by atoms with Crippen molar-refractivity contribution in [3.63, 3.8) is 0 Å². The number of carboxylic acids is 1. The number of carboxylic acid groups (broad SMARTS) is 1. The maximum absolute atomic E-state index is 13.4. The Kier molecular flexibility index (Phi) is 2.95. The zero-order valence-corrected chi connectivity index (χ0v) is 9.27. The molecule has 0 amide bonds. The highest BCUT2D eigenvalue weighted by Gasteiger charge is 2.10. The standard InChI is InChI=1S/C11H12FN3O2/c1-15-8-4-2-3-7(12)10(8)14-11(15)13-6-5-9(16)17/h2-4H,5-6H2,1H3,(H,13,14)(H,16,17). The van der Waals surface area contributed by atoms with Gasteiger partial charge in [-0.25, -0.2) is 9.37 Å². The van der Waals surface area contributed by atoms with E-state index in [1.54, 1.807) is 23.7 Å². The van der Waals surface area contributed by atoms with Crippen molar-refractivity contribution in [1.29, 1.82) is 0 Å². The summed E-state index contributed by atoms with van der Waals surface area (Å²) in [5.41, 5.74) is 0.954. The normalized spacial score (nSPS) is 10.7. The third-order valence-corrected chi connectivity index (χ3v) is 2.48. The first-order valence-corrected chi connectivity index (χ1v) is 5.16. The lowest BCUT2D eigenvalue weighted by atomic mass is 10.3. The fourth-order valence-corrected chi connectivity index (χ4v) is 1.62. The number of imidazole rings is 1. The van der Waals surface area contributed by atoms with Crippen molar-refractivity contribution in [1.82, 2.24) is 9.55 Å². The number of aromatic nitrogens is 2. The summed E-state index contributed by atoms with van der Waals surface area (Å²) in [6.45, 7) is 0.258. The number of para-hydroxylation sites is 1. The quantitative estimate of drug-likeness (QED) is 0.847. The molecule has 0 aliphatic heterocycles. The van der Waals surface area contributed by atoms with Gasteiger partial charge < -0.3 is 15.0 Å². The van der Waals surface area contributed by atoms with Gasteiger partial charge in [0.05, 0.1) is 11.9 Å². The molecule has 1 aromatic heterocycles. The van der Waals surface area contributed by atoms with Crippen LogP contribution in [0.5, 0.6) is 0 Å². The van der Waals surface area contributed by atoms with Crippen molar-refractivity contribution in [3.8, 4) is 0 Å². The van der Waals surface area contributed by atoms with Crippen molar-refractivity contribution in [3.05, 3.63) is 24.0 Å². The predicted molar refractivity (Wildman–Crippen MR) is 61.4 cm³/mol. The molecular weight excluding hydrogens is 225 g/mol. The molecule has 2 aromatic rings. The van der Waals surface area contributed by atoms with Crippen LogP contribution in [0, 0.1) is 5.82 Å². The molecule has 2 N–H and O–H groups in total. The zero-order valence-electron chi connectivity index (χ0n) is 9.27. The fourth-order valence-electron chi connectivity index (χ4n) is 1.62. The largest absolute Gasteiger partial charge is 0.481 e. The van der Waals surface area contributed by atoms with Crippen molar-refractivity contribution >= 4 is 23.0 Å². The summed E-state index contributed by atoms with van der Waals surface area (Å²) in [7, 11) is 1.75. The summed E-state index contributed by atoms with van der Waals surface area (Å²) < 4.78 is 15.1. The van der Waals surface area contributed by atoms with Gasteiger partial charge in [0.25, 0.3) is 0 Å². The van der Waals surface area contributed by atoms with Crippen LogP contribution in [0.2, 0.25) is 0 Å². The van der Waals surface area contributed by atoms with Crippen molar-refractivity contribution < 1.29 is 14.3 Å². The molecule has 0 atom stereocenters. The summed E-state index contributed by atoms with van der Waals surface area (Å²) >= 11 is 0. The molecule has 0 aliphatic carbocycles. The lowest BCUT2D eigenvalue weighted by molar-refractivity contribution is -0.136. The number of aliphatic carboxylic acids is 1. The Labute approximate surface area is 96.9 Å². The van der Waals surface area contributed by atoms with E-state index >= 15 is 0 Å². The van der Waals surface area contributed by atoms with Gasteiger partial charge >= 0.3 is 5.97 Å². The van der Waals surface area contributed by atoms with E-state index in [4.69, 9.17) is 5.11 Å². The first-order chi connectivity index (χ1) is 8.09. The first-order valence-electron chi connectivity index (χ1n) is 5.16. The Morgan fingerprint density at radius 2 is 2.35 bits per heavy atom. The molecule has 0 fully saturated rings. The van der Waals surface area contributed by atoms with Gasteiger partial charge in [-0.15, -0.1) is 0 Å². The van der Waals surface area contributed by atoms with Gasteiger partial charge in [-0.3, -0.25) is 4.79 Å². The number of nitrogens with one attached hydrogen (secondary N) is 1. The number of fused-ring (bicyclic) bond motifs is 1. The van der Waals surface area contributed by atoms with Gasteiger partial charge in [0.1, 0.15) is 5.52 Å². The second-order valence-electron chi connectivity index (χ2n) is 3.67. The van der Waals surface area contributed by atoms with E-state index in [9.17, 15) is 9.18 Å². The van der Waals surface area contributed by atoms with Crippen LogP contribution in [0.15, 0.2) is 18.2 Å². The molecular formula is C11H12FN3O2. The number of benzene rings is 1. The number of hydrogen-bond acceptors (Lipinski definition) is 3. The van der Waals surface area contributed by atoms with Crippen molar-refractivity contribution in [2.75, 3.05) is 11.9 Å². The topological polar surface area (TPSA) is 67.2 Å².